The van der Waals surface area contributed by atoms with Gasteiger partial charge in [-0.05, 0) is 43.2 Å². The summed E-state index contributed by atoms with van der Waals surface area (Å²) < 4.78 is 0. The maximum Gasteiger partial charge on any atom is 0.131 e. The molecule has 0 bridgehead atoms. The van der Waals surface area contributed by atoms with E-state index in [1.54, 1.807) is 0 Å². The fourth-order valence-corrected chi connectivity index (χ4v) is 2.59. The Bertz CT molecular complexity index is 338. The lowest BCUT2D eigenvalue weighted by molar-refractivity contribution is 0.310. The van der Waals surface area contributed by atoms with Crippen LogP contribution in [0, 0.1) is 18.8 Å². The topological polar surface area (TPSA) is 16.1 Å². The Morgan fingerprint density at radius 3 is 2.56 bits per heavy atom. The van der Waals surface area contributed by atoms with Gasteiger partial charge >= 0.3 is 0 Å². The second-order valence-corrected chi connectivity index (χ2v) is 5.21. The van der Waals surface area contributed by atoms with E-state index in [4.69, 9.17) is 0 Å². The van der Waals surface area contributed by atoms with Crippen LogP contribution < -0.4 is 4.90 Å². The molecule has 0 unspecified atom stereocenters. The van der Waals surface area contributed by atoms with Crippen molar-refractivity contribution in [3.8, 4) is 0 Å². The highest BCUT2D eigenvalue weighted by molar-refractivity contribution is 5.46. The Morgan fingerprint density at radius 1 is 1.31 bits per heavy atom. The van der Waals surface area contributed by atoms with Crippen LogP contribution in [-0.4, -0.2) is 18.1 Å². The zero-order valence-electron chi connectivity index (χ0n) is 10.6. The molecule has 16 heavy (non-hydrogen) atoms. The quantitative estimate of drug-likeness (QED) is 0.757. The van der Waals surface area contributed by atoms with Crippen LogP contribution in [0.4, 0.5) is 5.82 Å². The van der Waals surface area contributed by atoms with Gasteiger partial charge in [0.05, 0.1) is 0 Å². The molecule has 0 radical (unpaired) electrons. The van der Waals surface area contributed by atoms with E-state index in [2.05, 4.69) is 36.7 Å². The van der Waals surface area contributed by atoms with Crippen molar-refractivity contribution in [1.82, 2.24) is 4.98 Å². The van der Waals surface area contributed by atoms with Gasteiger partial charge in [-0.25, -0.2) is 4.98 Å². The first kappa shape index (κ1) is 11.4. The molecule has 0 saturated carbocycles. The molecule has 88 valence electrons. The summed E-state index contributed by atoms with van der Waals surface area (Å²) in [5.74, 6) is 2.91. The normalized spacial score (nSPS) is 18.1. The van der Waals surface area contributed by atoms with Gasteiger partial charge in [-0.2, -0.15) is 0 Å². The molecule has 0 spiro atoms. The second kappa shape index (κ2) is 4.86. The number of aryl methyl sites for hydroxylation is 1. The minimum atomic E-state index is 0.826. The Balaban J connectivity index is 2.02. The smallest absolute Gasteiger partial charge is 0.131 e. The first-order chi connectivity index (χ1) is 7.68. The Kier molecular flexibility index (Phi) is 3.47. The number of pyridine rings is 1. The largest absolute Gasteiger partial charge is 0.356 e. The van der Waals surface area contributed by atoms with E-state index < -0.39 is 0 Å². The maximum atomic E-state index is 4.50. The van der Waals surface area contributed by atoms with Gasteiger partial charge in [0.1, 0.15) is 5.82 Å². The summed E-state index contributed by atoms with van der Waals surface area (Å²) in [5, 5.41) is 0. The number of nitrogens with zero attached hydrogens (tertiary/aromatic N) is 2. The van der Waals surface area contributed by atoms with Gasteiger partial charge in [0.2, 0.25) is 0 Å². The van der Waals surface area contributed by atoms with Gasteiger partial charge in [0, 0.05) is 19.3 Å². The summed E-state index contributed by atoms with van der Waals surface area (Å²) in [4.78, 5) is 6.94. The summed E-state index contributed by atoms with van der Waals surface area (Å²) in [6.07, 6.45) is 4.53. The highest BCUT2D eigenvalue weighted by Gasteiger charge is 2.22. The van der Waals surface area contributed by atoms with Crippen LogP contribution in [0.5, 0.6) is 0 Å². The van der Waals surface area contributed by atoms with Crippen LogP contribution in [-0.2, 0) is 0 Å². The van der Waals surface area contributed by atoms with Crippen LogP contribution in [0.2, 0.25) is 0 Å². The minimum Gasteiger partial charge on any atom is -0.356 e. The molecule has 0 amide bonds. The summed E-state index contributed by atoms with van der Waals surface area (Å²) in [6.45, 7) is 9.16. The molecule has 0 N–H and O–H groups in total. The molecule has 2 rings (SSSR count). The fourth-order valence-electron chi connectivity index (χ4n) is 2.59. The van der Waals surface area contributed by atoms with Gasteiger partial charge in [-0.15, -0.1) is 0 Å². The predicted molar refractivity (Wildman–Crippen MR) is 68.7 cm³/mol. The van der Waals surface area contributed by atoms with Crippen molar-refractivity contribution in [3.05, 3.63) is 23.9 Å². The average molecular weight is 218 g/mol. The molecule has 0 aromatic carbocycles. The molecule has 2 heteroatoms. The number of rotatable bonds is 2. The third-order valence-corrected chi connectivity index (χ3v) is 3.76. The molecule has 2 heterocycles. The number of hydrogen-bond donors (Lipinski definition) is 0. The number of hydrogen-bond acceptors (Lipinski definition) is 2. The summed E-state index contributed by atoms with van der Waals surface area (Å²) in [6, 6.07) is 4.16. The summed E-state index contributed by atoms with van der Waals surface area (Å²) in [5.41, 5.74) is 1.30. The van der Waals surface area contributed by atoms with Crippen molar-refractivity contribution < 1.29 is 0 Å². The third-order valence-electron chi connectivity index (χ3n) is 3.76. The van der Waals surface area contributed by atoms with Crippen molar-refractivity contribution in [1.29, 1.82) is 0 Å². The molecular formula is C14H22N2. The van der Waals surface area contributed by atoms with Crippen LogP contribution in [0.25, 0.3) is 0 Å². The minimum absolute atomic E-state index is 0.826. The Hall–Kier alpha value is -1.05. The van der Waals surface area contributed by atoms with Crippen LogP contribution in [0.1, 0.15) is 32.3 Å². The fraction of sp³-hybridized carbons (Fsp3) is 0.643. The molecule has 1 aromatic heterocycles. The standard InChI is InChI=1S/C14H22N2/c1-11(2)13-6-9-16(10-7-13)14-12(3)5-4-8-15-14/h4-5,8,11,13H,6-7,9-10H2,1-3H3. The van der Waals surface area contributed by atoms with E-state index >= 15 is 0 Å². The van der Waals surface area contributed by atoms with E-state index in [1.807, 2.05) is 12.3 Å². The van der Waals surface area contributed by atoms with Crippen LogP contribution in [0.3, 0.4) is 0 Å². The molecule has 0 atom stereocenters. The molecule has 1 fully saturated rings. The monoisotopic (exact) mass is 218 g/mol. The highest BCUT2D eigenvalue weighted by atomic mass is 15.2. The first-order valence-corrected chi connectivity index (χ1v) is 6.35. The van der Waals surface area contributed by atoms with E-state index in [0.717, 1.165) is 11.8 Å². The van der Waals surface area contributed by atoms with Crippen molar-refractivity contribution in [2.75, 3.05) is 18.0 Å². The van der Waals surface area contributed by atoms with Gasteiger partial charge in [-0.1, -0.05) is 19.9 Å². The molecule has 1 aliphatic heterocycles. The van der Waals surface area contributed by atoms with Crippen LogP contribution >= 0.6 is 0 Å². The van der Waals surface area contributed by atoms with Crippen molar-refractivity contribution in [2.24, 2.45) is 11.8 Å². The second-order valence-electron chi connectivity index (χ2n) is 5.21. The lowest BCUT2D eigenvalue weighted by Gasteiger charge is -2.35. The van der Waals surface area contributed by atoms with Crippen LogP contribution in [0.15, 0.2) is 18.3 Å². The summed E-state index contributed by atoms with van der Waals surface area (Å²) in [7, 11) is 0. The Labute approximate surface area is 98.7 Å². The van der Waals surface area contributed by atoms with Gasteiger partial charge < -0.3 is 4.90 Å². The molecule has 1 aromatic rings. The Morgan fingerprint density at radius 2 is 2.00 bits per heavy atom. The predicted octanol–water partition coefficient (Wildman–Crippen LogP) is 3.26. The molecule has 1 saturated heterocycles. The van der Waals surface area contributed by atoms with Gasteiger partial charge in [-0.3, -0.25) is 0 Å². The van der Waals surface area contributed by atoms with E-state index in [-0.39, 0.29) is 0 Å². The highest BCUT2D eigenvalue weighted by Crippen LogP contribution is 2.27. The van der Waals surface area contributed by atoms with E-state index in [9.17, 15) is 0 Å². The lowest BCUT2D eigenvalue weighted by atomic mass is 9.86. The molecular weight excluding hydrogens is 196 g/mol. The van der Waals surface area contributed by atoms with E-state index in [1.165, 1.54) is 37.3 Å². The molecule has 0 aliphatic carbocycles. The zero-order valence-corrected chi connectivity index (χ0v) is 10.6. The number of anilines is 1. The number of piperidine rings is 1. The van der Waals surface area contributed by atoms with E-state index in [0.29, 0.717) is 0 Å². The maximum absolute atomic E-state index is 4.50. The van der Waals surface area contributed by atoms with Gasteiger partial charge in [0.25, 0.3) is 0 Å². The zero-order chi connectivity index (χ0) is 11.5. The average Bonchev–Trinajstić information content (AvgIpc) is 2.30. The molecule has 1 aliphatic rings. The number of aromatic nitrogens is 1. The van der Waals surface area contributed by atoms with Crippen molar-refractivity contribution in [2.45, 2.75) is 33.6 Å². The SMILES string of the molecule is Cc1cccnc1N1CCC(C(C)C)CC1. The first-order valence-electron chi connectivity index (χ1n) is 6.35. The van der Waals surface area contributed by atoms with Crippen molar-refractivity contribution >= 4 is 5.82 Å². The summed E-state index contributed by atoms with van der Waals surface area (Å²) >= 11 is 0. The third kappa shape index (κ3) is 2.37. The van der Waals surface area contributed by atoms with Gasteiger partial charge in [0.15, 0.2) is 0 Å². The lowest BCUT2D eigenvalue weighted by Crippen LogP contribution is -2.36. The molecule has 2 nitrogen and oxygen atoms in total. The van der Waals surface area contributed by atoms with Crippen molar-refractivity contribution in [3.63, 3.8) is 0 Å².